The van der Waals surface area contributed by atoms with Crippen molar-refractivity contribution in [2.75, 3.05) is 11.4 Å². The van der Waals surface area contributed by atoms with Gasteiger partial charge in [0.2, 0.25) is 5.91 Å². The molecule has 2 N–H and O–H groups in total. The van der Waals surface area contributed by atoms with Crippen LogP contribution in [0.15, 0.2) is 34.4 Å². The molecule has 0 saturated heterocycles. The predicted molar refractivity (Wildman–Crippen MR) is 90.3 cm³/mol. The van der Waals surface area contributed by atoms with E-state index in [4.69, 9.17) is 4.74 Å². The molecule has 1 aromatic carbocycles. The topological polar surface area (TPSA) is 91.5 Å². The molecule has 126 valence electrons. The number of aromatic nitrogens is 1. The largest absolute Gasteiger partial charge is 0.479 e. The van der Waals surface area contributed by atoms with Crippen LogP contribution in [0.25, 0.3) is 0 Å². The molecular weight excluding hydrogens is 330 g/mol. The first-order chi connectivity index (χ1) is 11.5. The maximum absolute atomic E-state index is 12.3. The quantitative estimate of drug-likeness (QED) is 0.852. The number of carbonyl (C=O) groups is 2. The maximum atomic E-state index is 12.3. The number of aromatic amines is 1. The van der Waals surface area contributed by atoms with Crippen LogP contribution >= 0.6 is 11.3 Å². The zero-order valence-corrected chi connectivity index (χ0v) is 13.9. The molecule has 8 heteroatoms. The van der Waals surface area contributed by atoms with Gasteiger partial charge in [-0.2, -0.15) is 0 Å². The molecule has 0 spiro atoms. The fourth-order valence-corrected chi connectivity index (χ4v) is 3.07. The van der Waals surface area contributed by atoms with E-state index < -0.39 is 6.10 Å². The van der Waals surface area contributed by atoms with Gasteiger partial charge in [0.25, 0.3) is 5.91 Å². The normalized spacial score (nSPS) is 16.5. The second kappa shape index (κ2) is 6.88. The van der Waals surface area contributed by atoms with Crippen LogP contribution in [-0.2, 0) is 16.1 Å². The van der Waals surface area contributed by atoms with Crippen LogP contribution in [0.4, 0.5) is 5.69 Å². The number of H-pyrrole nitrogens is 1. The number of para-hydroxylation sites is 2. The third-order valence-electron chi connectivity index (χ3n) is 3.68. The molecule has 1 aliphatic heterocycles. The Morgan fingerprint density at radius 1 is 1.38 bits per heavy atom. The van der Waals surface area contributed by atoms with E-state index >= 15 is 0 Å². The first-order valence-electron chi connectivity index (χ1n) is 7.55. The Labute approximate surface area is 142 Å². The number of benzene rings is 1. The molecule has 0 aliphatic carbocycles. The van der Waals surface area contributed by atoms with Crippen molar-refractivity contribution < 1.29 is 14.3 Å². The van der Waals surface area contributed by atoms with Crippen molar-refractivity contribution in [3.63, 3.8) is 0 Å². The lowest BCUT2D eigenvalue weighted by molar-refractivity contribution is -0.125. The zero-order chi connectivity index (χ0) is 17.1. The number of carbonyl (C=O) groups excluding carboxylic acids is 2. The van der Waals surface area contributed by atoms with Crippen LogP contribution in [0.3, 0.4) is 0 Å². The number of ether oxygens (including phenoxy) is 1. The smallest absolute Gasteiger partial charge is 0.304 e. The number of fused-ring (bicyclic) bond motifs is 1. The standard InChI is InChI=1S/C16H17N3O4S/c1-10-15(21)19(12-4-2-3-5-13(12)23-10)7-6-14(20)17-8-11-9-24-16(22)18-11/h2-5,9-10H,6-8H2,1H3,(H,17,20)(H,18,22)/t10-/m0/s1. The number of thiazole rings is 1. The Bertz CT molecular complexity index is 813. The number of amides is 2. The summed E-state index contributed by atoms with van der Waals surface area (Å²) in [6.45, 7) is 2.23. The average molecular weight is 347 g/mol. The number of hydrogen-bond acceptors (Lipinski definition) is 5. The molecule has 1 atom stereocenters. The van der Waals surface area contributed by atoms with E-state index in [-0.39, 0.29) is 36.2 Å². The second-order valence-corrected chi connectivity index (χ2v) is 6.26. The van der Waals surface area contributed by atoms with Gasteiger partial charge in [0, 0.05) is 24.0 Å². The van der Waals surface area contributed by atoms with Crippen LogP contribution in [0.2, 0.25) is 0 Å². The van der Waals surface area contributed by atoms with E-state index in [0.29, 0.717) is 17.1 Å². The molecule has 3 rings (SSSR count). The number of hydrogen-bond donors (Lipinski definition) is 2. The van der Waals surface area contributed by atoms with Gasteiger partial charge in [-0.1, -0.05) is 23.5 Å². The molecule has 2 heterocycles. The highest BCUT2D eigenvalue weighted by atomic mass is 32.1. The van der Waals surface area contributed by atoms with E-state index in [2.05, 4.69) is 10.3 Å². The number of nitrogens with one attached hydrogen (secondary N) is 2. The van der Waals surface area contributed by atoms with Crippen LogP contribution in [0, 0.1) is 0 Å². The van der Waals surface area contributed by atoms with Crippen LogP contribution in [0.5, 0.6) is 5.75 Å². The summed E-state index contributed by atoms with van der Waals surface area (Å²) in [7, 11) is 0. The highest BCUT2D eigenvalue weighted by molar-refractivity contribution is 7.07. The minimum Gasteiger partial charge on any atom is -0.479 e. The van der Waals surface area contributed by atoms with Crippen molar-refractivity contribution in [2.24, 2.45) is 0 Å². The van der Waals surface area contributed by atoms with Gasteiger partial charge in [-0.3, -0.25) is 14.4 Å². The predicted octanol–water partition coefficient (Wildman–Crippen LogP) is 1.26. The molecule has 7 nitrogen and oxygen atoms in total. The summed E-state index contributed by atoms with van der Waals surface area (Å²) in [4.78, 5) is 39.4. The van der Waals surface area contributed by atoms with Gasteiger partial charge in [-0.05, 0) is 19.1 Å². The summed E-state index contributed by atoms with van der Waals surface area (Å²) in [6, 6.07) is 7.27. The van der Waals surface area contributed by atoms with Crippen molar-refractivity contribution in [2.45, 2.75) is 26.0 Å². The Morgan fingerprint density at radius 2 is 2.17 bits per heavy atom. The summed E-state index contributed by atoms with van der Waals surface area (Å²) in [6.07, 6.45) is -0.403. The van der Waals surface area contributed by atoms with Crippen LogP contribution in [-0.4, -0.2) is 29.4 Å². The Hall–Kier alpha value is -2.61. The van der Waals surface area contributed by atoms with E-state index in [1.165, 1.54) is 0 Å². The Morgan fingerprint density at radius 3 is 2.92 bits per heavy atom. The molecule has 0 fully saturated rings. The average Bonchev–Trinajstić information content (AvgIpc) is 2.99. The fourth-order valence-electron chi connectivity index (χ4n) is 2.49. The molecule has 0 unspecified atom stereocenters. The summed E-state index contributed by atoms with van der Waals surface area (Å²) in [5.41, 5.74) is 1.34. The molecule has 0 saturated carbocycles. The molecule has 0 bridgehead atoms. The number of rotatable bonds is 5. The van der Waals surface area contributed by atoms with Crippen molar-refractivity contribution in [1.29, 1.82) is 0 Å². The van der Waals surface area contributed by atoms with Gasteiger partial charge in [0.05, 0.1) is 12.2 Å². The summed E-state index contributed by atoms with van der Waals surface area (Å²) in [5, 5.41) is 4.40. The van der Waals surface area contributed by atoms with E-state index in [9.17, 15) is 14.4 Å². The monoisotopic (exact) mass is 347 g/mol. The number of anilines is 1. The van der Waals surface area contributed by atoms with E-state index in [1.54, 1.807) is 29.3 Å². The van der Waals surface area contributed by atoms with Crippen LogP contribution in [0.1, 0.15) is 19.0 Å². The van der Waals surface area contributed by atoms with Gasteiger partial charge in [0.1, 0.15) is 5.75 Å². The minimum absolute atomic E-state index is 0.149. The molecule has 2 amide bonds. The lowest BCUT2D eigenvalue weighted by Crippen LogP contribution is -2.45. The minimum atomic E-state index is -0.571. The van der Waals surface area contributed by atoms with Crippen molar-refractivity contribution in [3.05, 3.63) is 45.0 Å². The lowest BCUT2D eigenvalue weighted by Gasteiger charge is -2.32. The number of nitrogens with zero attached hydrogens (tertiary/aromatic N) is 1. The van der Waals surface area contributed by atoms with Gasteiger partial charge >= 0.3 is 4.87 Å². The van der Waals surface area contributed by atoms with Crippen LogP contribution < -0.4 is 19.8 Å². The SMILES string of the molecule is C[C@@H]1Oc2ccccc2N(CCC(=O)NCc2csc(=O)[nH]2)C1=O. The van der Waals surface area contributed by atoms with E-state index in [0.717, 1.165) is 11.3 Å². The third kappa shape index (κ3) is 3.48. The molecule has 2 aromatic rings. The molecule has 0 radical (unpaired) electrons. The Kier molecular flexibility index (Phi) is 4.66. The van der Waals surface area contributed by atoms with E-state index in [1.807, 2.05) is 12.1 Å². The third-order valence-corrected chi connectivity index (χ3v) is 4.40. The van der Waals surface area contributed by atoms with Gasteiger partial charge in [-0.25, -0.2) is 0 Å². The van der Waals surface area contributed by atoms with Gasteiger partial charge in [0.15, 0.2) is 6.10 Å². The Balaban J connectivity index is 1.60. The first kappa shape index (κ1) is 16.3. The second-order valence-electron chi connectivity index (χ2n) is 5.42. The lowest BCUT2D eigenvalue weighted by atomic mass is 10.1. The molecule has 1 aliphatic rings. The highest BCUT2D eigenvalue weighted by Crippen LogP contribution is 2.33. The van der Waals surface area contributed by atoms with Crippen molar-refractivity contribution >= 4 is 28.8 Å². The summed E-state index contributed by atoms with van der Waals surface area (Å²) < 4.78 is 5.56. The molecule has 1 aromatic heterocycles. The molecule has 24 heavy (non-hydrogen) atoms. The van der Waals surface area contributed by atoms with Crippen molar-refractivity contribution in [1.82, 2.24) is 10.3 Å². The maximum Gasteiger partial charge on any atom is 0.304 e. The summed E-state index contributed by atoms with van der Waals surface area (Å²) >= 11 is 1.06. The summed E-state index contributed by atoms with van der Waals surface area (Å²) in [5.74, 6) is 0.288. The zero-order valence-electron chi connectivity index (χ0n) is 13.1. The highest BCUT2D eigenvalue weighted by Gasteiger charge is 2.31. The van der Waals surface area contributed by atoms with Gasteiger partial charge < -0.3 is 19.9 Å². The first-order valence-corrected chi connectivity index (χ1v) is 8.43. The van der Waals surface area contributed by atoms with Gasteiger partial charge in [-0.15, -0.1) is 0 Å². The van der Waals surface area contributed by atoms with Crippen molar-refractivity contribution in [3.8, 4) is 5.75 Å². The fraction of sp³-hybridized carbons (Fsp3) is 0.312. The molecular formula is C16H17N3O4S.